The van der Waals surface area contributed by atoms with E-state index in [0.29, 0.717) is 13.0 Å². The maximum absolute atomic E-state index is 11.4. The standard InChI is InChI=1S/C16H33NO2/c1-4-5-6-7-8-9-10-11-15-19-16(18)13-12-14-17(2)3/h4-15H2,1-3H3. The van der Waals surface area contributed by atoms with E-state index in [4.69, 9.17) is 4.74 Å². The van der Waals surface area contributed by atoms with Crippen LogP contribution in [0.25, 0.3) is 0 Å². The van der Waals surface area contributed by atoms with Crippen LogP contribution >= 0.6 is 0 Å². The third-order valence-corrected chi connectivity index (χ3v) is 3.25. The molecule has 0 amide bonds. The fourth-order valence-electron chi connectivity index (χ4n) is 2.03. The normalized spacial score (nSPS) is 10.9. The minimum atomic E-state index is -0.0372. The second-order valence-corrected chi connectivity index (χ2v) is 5.60. The first-order chi connectivity index (χ1) is 9.16. The molecule has 0 atom stereocenters. The summed E-state index contributed by atoms with van der Waals surface area (Å²) >= 11 is 0. The zero-order valence-electron chi connectivity index (χ0n) is 13.2. The van der Waals surface area contributed by atoms with Crippen molar-refractivity contribution in [1.29, 1.82) is 0 Å². The van der Waals surface area contributed by atoms with Crippen LogP contribution in [0.15, 0.2) is 0 Å². The maximum Gasteiger partial charge on any atom is 0.305 e. The molecule has 3 heteroatoms. The number of carbonyl (C=O) groups excluding carboxylic acids is 1. The summed E-state index contributed by atoms with van der Waals surface area (Å²) in [6.45, 7) is 3.80. The average molecular weight is 271 g/mol. The first-order valence-corrected chi connectivity index (χ1v) is 7.97. The van der Waals surface area contributed by atoms with Gasteiger partial charge in [0.1, 0.15) is 0 Å². The number of hydrogen-bond acceptors (Lipinski definition) is 3. The van der Waals surface area contributed by atoms with Crippen molar-refractivity contribution >= 4 is 5.97 Å². The SMILES string of the molecule is CCCCCCCCCCOC(=O)CCCN(C)C. The van der Waals surface area contributed by atoms with E-state index < -0.39 is 0 Å². The molecule has 0 N–H and O–H groups in total. The van der Waals surface area contributed by atoms with E-state index in [-0.39, 0.29) is 5.97 Å². The van der Waals surface area contributed by atoms with E-state index in [2.05, 4.69) is 11.8 Å². The Bertz CT molecular complexity index is 205. The van der Waals surface area contributed by atoms with Crippen LogP contribution in [0.3, 0.4) is 0 Å². The Morgan fingerprint density at radius 2 is 1.47 bits per heavy atom. The zero-order valence-corrected chi connectivity index (χ0v) is 13.2. The van der Waals surface area contributed by atoms with Gasteiger partial charge in [-0.25, -0.2) is 0 Å². The maximum atomic E-state index is 11.4. The lowest BCUT2D eigenvalue weighted by atomic mass is 10.1. The highest BCUT2D eigenvalue weighted by atomic mass is 16.5. The van der Waals surface area contributed by atoms with Gasteiger partial charge in [-0.3, -0.25) is 4.79 Å². The van der Waals surface area contributed by atoms with Crippen LogP contribution < -0.4 is 0 Å². The lowest BCUT2D eigenvalue weighted by Gasteiger charge is -2.08. The highest BCUT2D eigenvalue weighted by Crippen LogP contribution is 2.08. The van der Waals surface area contributed by atoms with Crippen molar-refractivity contribution in [1.82, 2.24) is 4.90 Å². The van der Waals surface area contributed by atoms with Gasteiger partial charge in [0.15, 0.2) is 0 Å². The number of unbranched alkanes of at least 4 members (excludes halogenated alkanes) is 7. The highest BCUT2D eigenvalue weighted by Gasteiger charge is 2.02. The third-order valence-electron chi connectivity index (χ3n) is 3.25. The molecule has 0 fully saturated rings. The van der Waals surface area contributed by atoms with Crippen LogP contribution in [0.2, 0.25) is 0 Å². The molecule has 0 saturated heterocycles. The first kappa shape index (κ1) is 18.4. The van der Waals surface area contributed by atoms with Crippen LogP contribution in [0.5, 0.6) is 0 Å². The summed E-state index contributed by atoms with van der Waals surface area (Å²) in [5, 5.41) is 0. The van der Waals surface area contributed by atoms with Gasteiger partial charge in [-0.15, -0.1) is 0 Å². The summed E-state index contributed by atoms with van der Waals surface area (Å²) in [7, 11) is 4.04. The molecule has 0 aliphatic rings. The summed E-state index contributed by atoms with van der Waals surface area (Å²) in [6, 6.07) is 0. The Balaban J connectivity index is 3.14. The Kier molecular flexibility index (Phi) is 13.4. The monoisotopic (exact) mass is 271 g/mol. The highest BCUT2D eigenvalue weighted by molar-refractivity contribution is 5.69. The Labute approximate surface area is 119 Å². The molecule has 0 aromatic carbocycles. The van der Waals surface area contributed by atoms with Crippen molar-refractivity contribution in [3.8, 4) is 0 Å². The molecule has 3 nitrogen and oxygen atoms in total. The molecule has 0 unspecified atom stereocenters. The lowest BCUT2D eigenvalue weighted by molar-refractivity contribution is -0.143. The average Bonchev–Trinajstić information content (AvgIpc) is 2.36. The summed E-state index contributed by atoms with van der Waals surface area (Å²) in [4.78, 5) is 13.5. The van der Waals surface area contributed by atoms with Gasteiger partial charge in [-0.05, 0) is 33.5 Å². The molecule has 0 rings (SSSR count). The molecule has 0 radical (unpaired) electrons. The van der Waals surface area contributed by atoms with E-state index >= 15 is 0 Å². The van der Waals surface area contributed by atoms with E-state index in [1.165, 1.54) is 44.9 Å². The van der Waals surface area contributed by atoms with Gasteiger partial charge in [0, 0.05) is 6.42 Å². The molecule has 0 heterocycles. The number of hydrogen-bond donors (Lipinski definition) is 0. The largest absolute Gasteiger partial charge is 0.466 e. The second kappa shape index (κ2) is 13.9. The van der Waals surface area contributed by atoms with Gasteiger partial charge in [0.25, 0.3) is 0 Å². The van der Waals surface area contributed by atoms with Gasteiger partial charge in [0.05, 0.1) is 6.61 Å². The van der Waals surface area contributed by atoms with Gasteiger partial charge in [-0.2, -0.15) is 0 Å². The summed E-state index contributed by atoms with van der Waals surface area (Å²) in [5.74, 6) is -0.0372. The molecule has 0 aromatic heterocycles. The second-order valence-electron chi connectivity index (χ2n) is 5.60. The minimum absolute atomic E-state index is 0.0372. The molecule has 0 aliphatic carbocycles. The van der Waals surface area contributed by atoms with Crippen LogP contribution in [0.4, 0.5) is 0 Å². The van der Waals surface area contributed by atoms with Crippen molar-refractivity contribution < 1.29 is 9.53 Å². The fourth-order valence-corrected chi connectivity index (χ4v) is 2.03. The van der Waals surface area contributed by atoms with Crippen LogP contribution in [-0.2, 0) is 9.53 Å². The number of ether oxygens (including phenoxy) is 1. The minimum Gasteiger partial charge on any atom is -0.466 e. The van der Waals surface area contributed by atoms with Crippen LogP contribution in [0.1, 0.15) is 71.1 Å². The van der Waals surface area contributed by atoms with Gasteiger partial charge in [-0.1, -0.05) is 51.9 Å². The molecule has 0 saturated carbocycles. The van der Waals surface area contributed by atoms with Crippen LogP contribution in [-0.4, -0.2) is 38.1 Å². The molecule has 114 valence electrons. The van der Waals surface area contributed by atoms with E-state index in [0.717, 1.165) is 19.4 Å². The molecule has 0 bridgehead atoms. The van der Waals surface area contributed by atoms with Gasteiger partial charge >= 0.3 is 5.97 Å². The quantitative estimate of drug-likeness (QED) is 0.374. The number of esters is 1. The van der Waals surface area contributed by atoms with Gasteiger partial charge in [0.2, 0.25) is 0 Å². The lowest BCUT2D eigenvalue weighted by Crippen LogP contribution is -2.15. The molecule has 0 aromatic rings. The van der Waals surface area contributed by atoms with Gasteiger partial charge < -0.3 is 9.64 Å². The Morgan fingerprint density at radius 1 is 0.895 bits per heavy atom. The summed E-state index contributed by atoms with van der Waals surface area (Å²) in [6.07, 6.45) is 11.7. The molecule has 19 heavy (non-hydrogen) atoms. The van der Waals surface area contributed by atoms with Crippen molar-refractivity contribution in [2.75, 3.05) is 27.2 Å². The Hall–Kier alpha value is -0.570. The molecule has 0 aliphatic heterocycles. The number of rotatable bonds is 13. The third kappa shape index (κ3) is 15.4. The van der Waals surface area contributed by atoms with E-state index in [9.17, 15) is 4.79 Å². The van der Waals surface area contributed by atoms with Crippen LogP contribution in [0, 0.1) is 0 Å². The van der Waals surface area contributed by atoms with Crippen molar-refractivity contribution in [2.24, 2.45) is 0 Å². The topological polar surface area (TPSA) is 29.5 Å². The first-order valence-electron chi connectivity index (χ1n) is 7.97. The summed E-state index contributed by atoms with van der Waals surface area (Å²) in [5.41, 5.74) is 0. The molecular weight excluding hydrogens is 238 g/mol. The predicted molar refractivity (Wildman–Crippen MR) is 81.4 cm³/mol. The number of carbonyl (C=O) groups is 1. The van der Waals surface area contributed by atoms with E-state index in [1.807, 2.05) is 14.1 Å². The van der Waals surface area contributed by atoms with E-state index in [1.54, 1.807) is 0 Å². The molecular formula is C16H33NO2. The van der Waals surface area contributed by atoms with Crippen molar-refractivity contribution in [3.63, 3.8) is 0 Å². The number of nitrogens with zero attached hydrogens (tertiary/aromatic N) is 1. The predicted octanol–water partition coefficient (Wildman–Crippen LogP) is 4.01. The van der Waals surface area contributed by atoms with Crippen molar-refractivity contribution in [3.05, 3.63) is 0 Å². The summed E-state index contributed by atoms with van der Waals surface area (Å²) < 4.78 is 5.21. The molecule has 0 spiro atoms. The smallest absolute Gasteiger partial charge is 0.305 e. The zero-order chi connectivity index (χ0) is 14.3. The Morgan fingerprint density at radius 3 is 2.05 bits per heavy atom. The fraction of sp³-hybridized carbons (Fsp3) is 0.938. The van der Waals surface area contributed by atoms with Crippen molar-refractivity contribution in [2.45, 2.75) is 71.1 Å².